The molecule has 1 atom stereocenters. The van der Waals surface area contributed by atoms with Gasteiger partial charge in [0.05, 0.1) is 6.04 Å². The molecule has 0 saturated heterocycles. The average molecular weight is 325 g/mol. The quantitative estimate of drug-likeness (QED) is 0.892. The fourth-order valence-electron chi connectivity index (χ4n) is 2.77. The summed E-state index contributed by atoms with van der Waals surface area (Å²) in [5.74, 6) is 0.0488. The van der Waals surface area contributed by atoms with E-state index in [0.29, 0.717) is 6.42 Å². The van der Waals surface area contributed by atoms with Crippen LogP contribution in [0.15, 0.2) is 28.7 Å². The summed E-state index contributed by atoms with van der Waals surface area (Å²) in [4.78, 5) is 12.1. The maximum absolute atomic E-state index is 12.1. The minimum Gasteiger partial charge on any atom is -0.349 e. The Bertz CT molecular complexity index is 455. The molecule has 104 valence electrons. The highest BCUT2D eigenvalue weighted by atomic mass is 79.9. The maximum atomic E-state index is 12.1. The first-order valence-electron chi connectivity index (χ1n) is 6.83. The molecule has 0 heterocycles. The lowest BCUT2D eigenvalue weighted by Crippen LogP contribution is -2.42. The van der Waals surface area contributed by atoms with Crippen LogP contribution in [0.5, 0.6) is 0 Å². The molecule has 0 aromatic heterocycles. The number of benzene rings is 1. The normalized spacial score (nSPS) is 19.1. The minimum atomic E-state index is -0.280. The molecule has 0 radical (unpaired) electrons. The predicted molar refractivity (Wildman–Crippen MR) is 80.7 cm³/mol. The van der Waals surface area contributed by atoms with Gasteiger partial charge in [0.2, 0.25) is 5.91 Å². The number of halogens is 1. The number of nitrogens with one attached hydrogen (secondary N) is 1. The van der Waals surface area contributed by atoms with Crippen LogP contribution in [0.1, 0.15) is 50.6 Å². The summed E-state index contributed by atoms with van der Waals surface area (Å²) in [6.07, 6.45) is 4.64. The topological polar surface area (TPSA) is 55.1 Å². The van der Waals surface area contributed by atoms with Crippen molar-refractivity contribution in [3.63, 3.8) is 0 Å². The van der Waals surface area contributed by atoms with Gasteiger partial charge < -0.3 is 11.1 Å². The summed E-state index contributed by atoms with van der Waals surface area (Å²) in [7, 11) is 0. The lowest BCUT2D eigenvalue weighted by molar-refractivity contribution is -0.122. The van der Waals surface area contributed by atoms with Crippen molar-refractivity contribution in [2.45, 2.75) is 50.6 Å². The minimum absolute atomic E-state index is 0.00641. The second kappa shape index (κ2) is 6.06. The van der Waals surface area contributed by atoms with E-state index in [9.17, 15) is 4.79 Å². The second-order valence-electron chi connectivity index (χ2n) is 5.56. The van der Waals surface area contributed by atoms with Gasteiger partial charge in [0, 0.05) is 16.4 Å². The number of rotatable bonds is 4. The van der Waals surface area contributed by atoms with Crippen molar-refractivity contribution in [2.75, 3.05) is 0 Å². The van der Waals surface area contributed by atoms with Crippen molar-refractivity contribution in [2.24, 2.45) is 5.73 Å². The zero-order valence-corrected chi connectivity index (χ0v) is 12.9. The largest absolute Gasteiger partial charge is 0.349 e. The number of carbonyl (C=O) groups excluding carboxylic acids is 1. The molecular formula is C15H21BrN2O. The van der Waals surface area contributed by atoms with Crippen molar-refractivity contribution in [3.05, 3.63) is 34.3 Å². The van der Waals surface area contributed by atoms with Gasteiger partial charge in [-0.3, -0.25) is 4.79 Å². The molecule has 19 heavy (non-hydrogen) atoms. The van der Waals surface area contributed by atoms with E-state index in [1.807, 2.05) is 31.2 Å². The number of amides is 1. The lowest BCUT2D eigenvalue weighted by atomic mass is 9.94. The summed E-state index contributed by atoms with van der Waals surface area (Å²) >= 11 is 3.51. The molecule has 1 saturated carbocycles. The molecule has 1 fully saturated rings. The zero-order chi connectivity index (χ0) is 13.9. The van der Waals surface area contributed by atoms with E-state index in [1.165, 1.54) is 0 Å². The Morgan fingerprint density at radius 3 is 2.68 bits per heavy atom. The van der Waals surface area contributed by atoms with E-state index in [4.69, 9.17) is 5.73 Å². The molecule has 1 aliphatic carbocycles. The number of hydrogen-bond acceptors (Lipinski definition) is 2. The number of hydrogen-bond donors (Lipinski definition) is 2. The molecule has 0 spiro atoms. The summed E-state index contributed by atoms with van der Waals surface area (Å²) in [5.41, 5.74) is 7.05. The molecule has 1 aromatic carbocycles. The van der Waals surface area contributed by atoms with Gasteiger partial charge in [-0.25, -0.2) is 0 Å². The van der Waals surface area contributed by atoms with Crippen LogP contribution >= 0.6 is 15.9 Å². The van der Waals surface area contributed by atoms with E-state index in [1.54, 1.807) is 0 Å². The molecule has 3 nitrogen and oxygen atoms in total. The molecule has 2 rings (SSSR count). The van der Waals surface area contributed by atoms with Crippen molar-refractivity contribution < 1.29 is 4.79 Å². The lowest BCUT2D eigenvalue weighted by Gasteiger charge is -2.24. The van der Waals surface area contributed by atoms with E-state index < -0.39 is 0 Å². The molecular weight excluding hydrogens is 304 g/mol. The van der Waals surface area contributed by atoms with Gasteiger partial charge in [-0.15, -0.1) is 0 Å². The summed E-state index contributed by atoms with van der Waals surface area (Å²) in [6.45, 7) is 2.00. The van der Waals surface area contributed by atoms with E-state index >= 15 is 0 Å². The van der Waals surface area contributed by atoms with Gasteiger partial charge in [-0.1, -0.05) is 47.0 Å². The molecule has 0 bridgehead atoms. The van der Waals surface area contributed by atoms with Crippen LogP contribution < -0.4 is 11.1 Å². The number of nitrogens with two attached hydrogens (primary N) is 1. The van der Waals surface area contributed by atoms with Gasteiger partial charge in [0.1, 0.15) is 0 Å². The van der Waals surface area contributed by atoms with E-state index in [2.05, 4.69) is 21.2 Å². The van der Waals surface area contributed by atoms with Crippen LogP contribution in [0, 0.1) is 0 Å². The highest BCUT2D eigenvalue weighted by Crippen LogP contribution is 2.30. The van der Waals surface area contributed by atoms with Crippen LogP contribution in [0.25, 0.3) is 0 Å². The SMILES string of the molecule is C[C@H](NC(=O)CC1(N)CCCC1)c1ccccc1Br. The van der Waals surface area contributed by atoms with Crippen LogP contribution in [-0.4, -0.2) is 11.4 Å². The van der Waals surface area contributed by atoms with Crippen molar-refractivity contribution in [3.8, 4) is 0 Å². The highest BCUT2D eigenvalue weighted by Gasteiger charge is 2.32. The molecule has 0 unspecified atom stereocenters. The first-order valence-corrected chi connectivity index (χ1v) is 7.62. The van der Waals surface area contributed by atoms with Gasteiger partial charge in [0.25, 0.3) is 0 Å². The standard InChI is InChI=1S/C15H21BrN2O/c1-11(12-6-2-3-7-13(12)16)18-14(19)10-15(17)8-4-5-9-15/h2-3,6-7,11H,4-5,8-10,17H2,1H3,(H,18,19)/t11-/m0/s1. The van der Waals surface area contributed by atoms with Crippen molar-refractivity contribution in [1.82, 2.24) is 5.32 Å². The third kappa shape index (κ3) is 3.80. The molecule has 4 heteroatoms. The highest BCUT2D eigenvalue weighted by molar-refractivity contribution is 9.10. The molecule has 1 amide bonds. The summed E-state index contributed by atoms with van der Waals surface area (Å²) < 4.78 is 1.02. The summed E-state index contributed by atoms with van der Waals surface area (Å²) in [5, 5.41) is 3.04. The Morgan fingerprint density at radius 2 is 2.05 bits per heavy atom. The first-order chi connectivity index (χ1) is 9.00. The Labute approximate surface area is 123 Å². The molecule has 1 aromatic rings. The van der Waals surface area contributed by atoms with Gasteiger partial charge in [-0.05, 0) is 31.4 Å². The fourth-order valence-corrected chi connectivity index (χ4v) is 3.40. The molecule has 1 aliphatic rings. The maximum Gasteiger partial charge on any atom is 0.222 e. The van der Waals surface area contributed by atoms with Crippen molar-refractivity contribution >= 4 is 21.8 Å². The molecule has 0 aliphatic heterocycles. The summed E-state index contributed by atoms with van der Waals surface area (Å²) in [6, 6.07) is 7.94. The van der Waals surface area contributed by atoms with Gasteiger partial charge in [-0.2, -0.15) is 0 Å². The Kier molecular flexibility index (Phi) is 4.63. The van der Waals surface area contributed by atoms with Crippen LogP contribution in [0.4, 0.5) is 0 Å². The fraction of sp³-hybridized carbons (Fsp3) is 0.533. The third-order valence-corrected chi connectivity index (χ3v) is 4.58. The van der Waals surface area contributed by atoms with Gasteiger partial charge >= 0.3 is 0 Å². The first kappa shape index (κ1) is 14.5. The monoisotopic (exact) mass is 324 g/mol. The van der Waals surface area contributed by atoms with E-state index in [0.717, 1.165) is 35.7 Å². The van der Waals surface area contributed by atoms with Gasteiger partial charge in [0.15, 0.2) is 0 Å². The Morgan fingerprint density at radius 1 is 1.42 bits per heavy atom. The second-order valence-corrected chi connectivity index (χ2v) is 6.41. The van der Waals surface area contributed by atoms with Crippen LogP contribution in [-0.2, 0) is 4.79 Å². The predicted octanol–water partition coefficient (Wildman–Crippen LogP) is 3.29. The third-order valence-electron chi connectivity index (χ3n) is 3.86. The number of carbonyl (C=O) groups is 1. The Hall–Kier alpha value is -0.870. The van der Waals surface area contributed by atoms with Crippen molar-refractivity contribution in [1.29, 1.82) is 0 Å². The average Bonchev–Trinajstić information content (AvgIpc) is 2.75. The Balaban J connectivity index is 1.94. The van der Waals surface area contributed by atoms with E-state index in [-0.39, 0.29) is 17.5 Å². The van der Waals surface area contributed by atoms with Crippen LogP contribution in [0.3, 0.4) is 0 Å². The molecule has 3 N–H and O–H groups in total. The van der Waals surface area contributed by atoms with Crippen LogP contribution in [0.2, 0.25) is 0 Å². The smallest absolute Gasteiger partial charge is 0.222 e. The zero-order valence-electron chi connectivity index (χ0n) is 11.3.